The van der Waals surface area contributed by atoms with Crippen LogP contribution in [0.25, 0.3) is 0 Å². The Balaban J connectivity index is 2.06. The van der Waals surface area contributed by atoms with Gasteiger partial charge in [0.1, 0.15) is 0 Å². The van der Waals surface area contributed by atoms with E-state index in [2.05, 4.69) is 26.1 Å². The third-order valence-electron chi connectivity index (χ3n) is 5.45. The molecule has 2 aliphatic carbocycles. The molecule has 2 rings (SSSR count). The van der Waals surface area contributed by atoms with Crippen LogP contribution in [0, 0.1) is 17.8 Å². The Kier molecular flexibility index (Phi) is 5.17. The molecule has 0 aromatic heterocycles. The summed E-state index contributed by atoms with van der Waals surface area (Å²) in [5.41, 5.74) is 0. The SMILES string of the molecule is CC1CCC(C(C)C)C(NC2CCCC2S(C)(=O)=O)C1. The van der Waals surface area contributed by atoms with Crippen LogP contribution < -0.4 is 5.32 Å². The molecule has 118 valence electrons. The van der Waals surface area contributed by atoms with Crippen molar-refractivity contribution < 1.29 is 8.42 Å². The molecule has 0 amide bonds. The molecule has 20 heavy (non-hydrogen) atoms. The van der Waals surface area contributed by atoms with Crippen molar-refractivity contribution in [2.24, 2.45) is 17.8 Å². The van der Waals surface area contributed by atoms with Gasteiger partial charge in [-0.25, -0.2) is 8.42 Å². The van der Waals surface area contributed by atoms with E-state index >= 15 is 0 Å². The zero-order valence-electron chi connectivity index (χ0n) is 13.4. The van der Waals surface area contributed by atoms with Gasteiger partial charge < -0.3 is 5.32 Å². The minimum Gasteiger partial charge on any atom is -0.310 e. The van der Waals surface area contributed by atoms with Gasteiger partial charge in [0.25, 0.3) is 0 Å². The van der Waals surface area contributed by atoms with Crippen molar-refractivity contribution in [2.45, 2.75) is 76.6 Å². The summed E-state index contributed by atoms with van der Waals surface area (Å²) in [6.45, 7) is 6.93. The van der Waals surface area contributed by atoms with E-state index in [1.807, 2.05) is 0 Å². The van der Waals surface area contributed by atoms with E-state index in [9.17, 15) is 8.42 Å². The Bertz CT molecular complexity index is 418. The van der Waals surface area contributed by atoms with E-state index in [4.69, 9.17) is 0 Å². The lowest BCUT2D eigenvalue weighted by molar-refractivity contribution is 0.159. The number of hydrogen-bond donors (Lipinski definition) is 1. The first-order valence-electron chi connectivity index (χ1n) is 8.24. The predicted octanol–water partition coefficient (Wildman–Crippen LogP) is 3.00. The molecule has 0 saturated heterocycles. The molecule has 2 aliphatic rings. The Labute approximate surface area is 124 Å². The van der Waals surface area contributed by atoms with Crippen LogP contribution in [0.2, 0.25) is 0 Å². The van der Waals surface area contributed by atoms with Crippen molar-refractivity contribution in [2.75, 3.05) is 6.26 Å². The fourth-order valence-electron chi connectivity index (χ4n) is 4.30. The lowest BCUT2D eigenvalue weighted by atomic mass is 9.74. The highest BCUT2D eigenvalue weighted by Crippen LogP contribution is 2.35. The van der Waals surface area contributed by atoms with Crippen LogP contribution in [-0.2, 0) is 9.84 Å². The molecule has 4 heteroatoms. The second-order valence-corrected chi connectivity index (χ2v) is 9.77. The standard InChI is InChI=1S/C16H31NO2S/c1-11(2)13-9-8-12(3)10-15(13)17-14-6-5-7-16(14)20(4,18)19/h11-17H,5-10H2,1-4H3. The monoisotopic (exact) mass is 301 g/mol. The molecule has 0 bridgehead atoms. The first-order valence-corrected chi connectivity index (χ1v) is 10.2. The molecule has 0 aliphatic heterocycles. The third-order valence-corrected chi connectivity index (χ3v) is 7.12. The Morgan fingerprint density at radius 2 is 1.75 bits per heavy atom. The molecule has 2 saturated carbocycles. The number of nitrogens with one attached hydrogen (secondary N) is 1. The van der Waals surface area contributed by atoms with Crippen molar-refractivity contribution in [3.05, 3.63) is 0 Å². The zero-order valence-corrected chi connectivity index (χ0v) is 14.2. The van der Waals surface area contributed by atoms with Gasteiger partial charge in [-0.1, -0.05) is 33.6 Å². The largest absolute Gasteiger partial charge is 0.310 e. The van der Waals surface area contributed by atoms with Crippen LogP contribution >= 0.6 is 0 Å². The summed E-state index contributed by atoms with van der Waals surface area (Å²) >= 11 is 0. The molecule has 3 nitrogen and oxygen atoms in total. The smallest absolute Gasteiger partial charge is 0.151 e. The number of hydrogen-bond acceptors (Lipinski definition) is 3. The van der Waals surface area contributed by atoms with Crippen molar-refractivity contribution in [3.63, 3.8) is 0 Å². The molecule has 5 atom stereocenters. The van der Waals surface area contributed by atoms with Crippen LogP contribution in [0.4, 0.5) is 0 Å². The average Bonchev–Trinajstić information content (AvgIpc) is 2.76. The average molecular weight is 301 g/mol. The van der Waals surface area contributed by atoms with Gasteiger partial charge in [-0.05, 0) is 43.4 Å². The Morgan fingerprint density at radius 1 is 1.05 bits per heavy atom. The van der Waals surface area contributed by atoms with Gasteiger partial charge in [0.2, 0.25) is 0 Å². The Morgan fingerprint density at radius 3 is 2.35 bits per heavy atom. The van der Waals surface area contributed by atoms with Gasteiger partial charge >= 0.3 is 0 Å². The lowest BCUT2D eigenvalue weighted by Crippen LogP contribution is -2.51. The highest BCUT2D eigenvalue weighted by Gasteiger charge is 2.38. The lowest BCUT2D eigenvalue weighted by Gasteiger charge is -2.40. The minimum absolute atomic E-state index is 0.160. The predicted molar refractivity (Wildman–Crippen MR) is 84.5 cm³/mol. The Hall–Kier alpha value is -0.0900. The second-order valence-electron chi connectivity index (χ2n) is 7.50. The van der Waals surface area contributed by atoms with E-state index in [0.717, 1.165) is 25.2 Å². The summed E-state index contributed by atoms with van der Waals surface area (Å²) in [6, 6.07) is 0.688. The maximum atomic E-state index is 11.9. The topological polar surface area (TPSA) is 46.2 Å². The van der Waals surface area contributed by atoms with E-state index in [1.165, 1.54) is 25.5 Å². The summed E-state index contributed by atoms with van der Waals surface area (Å²) in [5.74, 6) is 2.14. The van der Waals surface area contributed by atoms with Crippen molar-refractivity contribution in [1.29, 1.82) is 0 Å². The highest BCUT2D eigenvalue weighted by molar-refractivity contribution is 7.91. The second kappa shape index (κ2) is 6.35. The number of sulfone groups is 1. The van der Waals surface area contributed by atoms with E-state index in [1.54, 1.807) is 0 Å². The van der Waals surface area contributed by atoms with Crippen molar-refractivity contribution in [1.82, 2.24) is 5.32 Å². The molecular formula is C16H31NO2S. The van der Waals surface area contributed by atoms with Gasteiger partial charge in [0.05, 0.1) is 5.25 Å². The molecule has 0 aromatic rings. The van der Waals surface area contributed by atoms with Gasteiger partial charge in [0, 0.05) is 18.3 Å². The van der Waals surface area contributed by atoms with Gasteiger partial charge in [0.15, 0.2) is 9.84 Å². The summed E-state index contributed by atoms with van der Waals surface area (Å²) in [4.78, 5) is 0. The van der Waals surface area contributed by atoms with Gasteiger partial charge in [-0.3, -0.25) is 0 Å². The van der Waals surface area contributed by atoms with E-state index in [0.29, 0.717) is 17.9 Å². The zero-order chi connectivity index (χ0) is 14.9. The molecular weight excluding hydrogens is 270 g/mol. The summed E-state index contributed by atoms with van der Waals surface area (Å²) in [6.07, 6.45) is 8.12. The normalized spacial score (nSPS) is 39.4. The molecule has 1 N–H and O–H groups in total. The van der Waals surface area contributed by atoms with E-state index in [-0.39, 0.29) is 11.3 Å². The molecule has 0 heterocycles. The van der Waals surface area contributed by atoms with Crippen molar-refractivity contribution in [3.8, 4) is 0 Å². The van der Waals surface area contributed by atoms with Crippen LogP contribution in [0.5, 0.6) is 0 Å². The molecule has 0 aromatic carbocycles. The highest BCUT2D eigenvalue weighted by atomic mass is 32.2. The fraction of sp³-hybridized carbons (Fsp3) is 1.00. The quantitative estimate of drug-likeness (QED) is 0.868. The molecule has 0 spiro atoms. The fourth-order valence-corrected chi connectivity index (χ4v) is 5.70. The minimum atomic E-state index is -2.92. The first kappa shape index (κ1) is 16.3. The van der Waals surface area contributed by atoms with Crippen molar-refractivity contribution >= 4 is 9.84 Å². The molecule has 5 unspecified atom stereocenters. The molecule has 0 radical (unpaired) electrons. The summed E-state index contributed by atoms with van der Waals surface area (Å²) < 4.78 is 23.9. The summed E-state index contributed by atoms with van der Waals surface area (Å²) in [7, 11) is -2.92. The van der Waals surface area contributed by atoms with Gasteiger partial charge in [-0.15, -0.1) is 0 Å². The summed E-state index contributed by atoms with van der Waals surface area (Å²) in [5, 5.41) is 3.60. The van der Waals surface area contributed by atoms with Gasteiger partial charge in [-0.2, -0.15) is 0 Å². The number of rotatable bonds is 4. The van der Waals surface area contributed by atoms with Crippen LogP contribution in [-0.4, -0.2) is 32.0 Å². The van der Waals surface area contributed by atoms with Crippen LogP contribution in [0.1, 0.15) is 59.3 Å². The van der Waals surface area contributed by atoms with Crippen LogP contribution in [0.3, 0.4) is 0 Å². The molecule has 2 fully saturated rings. The third kappa shape index (κ3) is 3.76. The maximum Gasteiger partial charge on any atom is 0.151 e. The first-order chi connectivity index (χ1) is 9.29. The maximum absolute atomic E-state index is 11.9. The van der Waals surface area contributed by atoms with E-state index < -0.39 is 9.84 Å². The van der Waals surface area contributed by atoms with Crippen LogP contribution in [0.15, 0.2) is 0 Å².